The summed E-state index contributed by atoms with van der Waals surface area (Å²) in [5, 5.41) is 2.50. The molecular formula is C19H22N4O2. The topological polar surface area (TPSA) is 78.7 Å². The van der Waals surface area contributed by atoms with Gasteiger partial charge >= 0.3 is 6.03 Å². The summed E-state index contributed by atoms with van der Waals surface area (Å²) in [6.45, 7) is 5.01. The highest BCUT2D eigenvalue weighted by Gasteiger charge is 2.22. The summed E-state index contributed by atoms with van der Waals surface area (Å²) in [4.78, 5) is 27.8. The van der Waals surface area contributed by atoms with Crippen LogP contribution >= 0.6 is 0 Å². The number of urea groups is 1. The van der Waals surface area contributed by atoms with Crippen molar-refractivity contribution in [2.75, 3.05) is 36.4 Å². The van der Waals surface area contributed by atoms with Gasteiger partial charge in [-0.15, -0.1) is 0 Å². The molecule has 25 heavy (non-hydrogen) atoms. The van der Waals surface area contributed by atoms with Crippen molar-refractivity contribution in [2.45, 2.75) is 6.92 Å². The molecule has 3 rings (SSSR count). The second-order valence-corrected chi connectivity index (χ2v) is 6.19. The van der Waals surface area contributed by atoms with Gasteiger partial charge in [-0.05, 0) is 42.8 Å². The van der Waals surface area contributed by atoms with Gasteiger partial charge in [-0.3, -0.25) is 4.79 Å². The van der Waals surface area contributed by atoms with Crippen molar-refractivity contribution >= 4 is 23.3 Å². The van der Waals surface area contributed by atoms with Crippen LogP contribution in [0.2, 0.25) is 0 Å². The first-order chi connectivity index (χ1) is 12.0. The second-order valence-electron chi connectivity index (χ2n) is 6.19. The third kappa shape index (κ3) is 4.09. The lowest BCUT2D eigenvalue weighted by Crippen LogP contribution is -2.48. The highest BCUT2D eigenvalue weighted by atomic mass is 16.2. The van der Waals surface area contributed by atoms with E-state index in [1.54, 1.807) is 24.3 Å². The molecule has 6 nitrogen and oxygen atoms in total. The first-order valence-corrected chi connectivity index (χ1v) is 8.30. The molecule has 2 aromatic rings. The number of nitrogens with two attached hydrogens (primary N) is 1. The van der Waals surface area contributed by atoms with Crippen LogP contribution in [-0.4, -0.2) is 43.0 Å². The minimum absolute atomic E-state index is 0.0305. The Labute approximate surface area is 147 Å². The summed E-state index contributed by atoms with van der Waals surface area (Å²) in [5.41, 5.74) is 8.63. The van der Waals surface area contributed by atoms with E-state index in [9.17, 15) is 9.59 Å². The average molecular weight is 338 g/mol. The van der Waals surface area contributed by atoms with Crippen LogP contribution in [0.4, 0.5) is 16.2 Å². The zero-order valence-electron chi connectivity index (χ0n) is 14.2. The molecule has 3 amide bonds. The number of nitrogens with zero attached hydrogens (tertiary/aromatic N) is 2. The Morgan fingerprint density at radius 1 is 1.00 bits per heavy atom. The van der Waals surface area contributed by atoms with E-state index >= 15 is 0 Å². The average Bonchev–Trinajstić information content (AvgIpc) is 2.61. The number of hydrogen-bond acceptors (Lipinski definition) is 3. The van der Waals surface area contributed by atoms with Gasteiger partial charge in [0, 0.05) is 43.1 Å². The van der Waals surface area contributed by atoms with E-state index in [0.29, 0.717) is 24.3 Å². The largest absolute Gasteiger partial charge is 0.368 e. The molecule has 0 radical (unpaired) electrons. The molecule has 0 unspecified atom stereocenters. The van der Waals surface area contributed by atoms with Crippen LogP contribution < -0.4 is 16.0 Å². The summed E-state index contributed by atoms with van der Waals surface area (Å²) in [7, 11) is 0. The van der Waals surface area contributed by atoms with Crippen molar-refractivity contribution < 1.29 is 9.59 Å². The Bertz CT molecular complexity index is 782. The van der Waals surface area contributed by atoms with Gasteiger partial charge in [0.25, 0.3) is 5.91 Å². The minimum atomic E-state index is -0.642. The van der Waals surface area contributed by atoms with Crippen LogP contribution in [0.15, 0.2) is 48.5 Å². The van der Waals surface area contributed by atoms with Gasteiger partial charge in [-0.2, -0.15) is 0 Å². The number of nitrogens with one attached hydrogen (secondary N) is 1. The number of rotatable bonds is 3. The van der Waals surface area contributed by atoms with Crippen LogP contribution in [0.3, 0.4) is 0 Å². The Kier molecular flexibility index (Phi) is 4.88. The Morgan fingerprint density at radius 3 is 2.40 bits per heavy atom. The monoisotopic (exact) mass is 338 g/mol. The predicted molar refractivity (Wildman–Crippen MR) is 98.9 cm³/mol. The molecule has 1 saturated heterocycles. The normalized spacial score (nSPS) is 14.3. The standard InChI is InChI=1S/C19H22N4O2/c1-14-4-2-7-17(12-14)22-8-10-23(11-9-22)18(24)15-5-3-6-16(13-15)21-19(20)25/h2-7,12-13H,8-11H2,1H3,(H3,20,21,25). The number of benzene rings is 2. The van der Waals surface area contributed by atoms with E-state index in [4.69, 9.17) is 5.73 Å². The molecule has 0 aromatic heterocycles. The van der Waals surface area contributed by atoms with E-state index in [-0.39, 0.29) is 5.91 Å². The summed E-state index contributed by atoms with van der Waals surface area (Å²) in [6.07, 6.45) is 0. The van der Waals surface area contributed by atoms with Crippen molar-refractivity contribution in [3.05, 3.63) is 59.7 Å². The van der Waals surface area contributed by atoms with Crippen LogP contribution in [0.5, 0.6) is 0 Å². The SMILES string of the molecule is Cc1cccc(N2CCN(C(=O)c3cccc(NC(N)=O)c3)CC2)c1. The van der Waals surface area contributed by atoms with Gasteiger partial charge < -0.3 is 20.9 Å². The van der Waals surface area contributed by atoms with Crippen LogP contribution in [0.25, 0.3) is 0 Å². The summed E-state index contributed by atoms with van der Waals surface area (Å²) in [5.74, 6) is -0.0305. The number of amides is 3. The first-order valence-electron chi connectivity index (χ1n) is 8.30. The van der Waals surface area contributed by atoms with E-state index < -0.39 is 6.03 Å². The lowest BCUT2D eigenvalue weighted by atomic mass is 10.1. The van der Waals surface area contributed by atoms with Crippen LogP contribution in [0, 0.1) is 6.92 Å². The number of primary amides is 1. The van der Waals surface area contributed by atoms with Crippen molar-refractivity contribution in [1.29, 1.82) is 0 Å². The van der Waals surface area contributed by atoms with Crippen LogP contribution in [0.1, 0.15) is 15.9 Å². The van der Waals surface area contributed by atoms with E-state index in [2.05, 4.69) is 41.4 Å². The fourth-order valence-corrected chi connectivity index (χ4v) is 3.05. The molecule has 1 aliphatic heterocycles. The summed E-state index contributed by atoms with van der Waals surface area (Å²) >= 11 is 0. The molecule has 130 valence electrons. The van der Waals surface area contributed by atoms with Crippen molar-refractivity contribution in [2.24, 2.45) is 5.73 Å². The van der Waals surface area contributed by atoms with Gasteiger partial charge in [0.1, 0.15) is 0 Å². The van der Waals surface area contributed by atoms with E-state index in [1.165, 1.54) is 11.3 Å². The molecule has 3 N–H and O–H groups in total. The molecule has 1 fully saturated rings. The highest BCUT2D eigenvalue weighted by molar-refractivity contribution is 5.96. The molecule has 0 spiro atoms. The van der Waals surface area contributed by atoms with Crippen LogP contribution in [-0.2, 0) is 0 Å². The van der Waals surface area contributed by atoms with Gasteiger partial charge in [-0.1, -0.05) is 18.2 Å². The maximum absolute atomic E-state index is 12.7. The van der Waals surface area contributed by atoms with Gasteiger partial charge in [-0.25, -0.2) is 4.79 Å². The zero-order chi connectivity index (χ0) is 17.8. The number of carbonyl (C=O) groups is 2. The van der Waals surface area contributed by atoms with Crippen molar-refractivity contribution in [3.63, 3.8) is 0 Å². The molecule has 0 atom stereocenters. The molecule has 1 aliphatic rings. The van der Waals surface area contributed by atoms with Gasteiger partial charge in [0.05, 0.1) is 0 Å². The molecule has 0 bridgehead atoms. The Hall–Kier alpha value is -3.02. The lowest BCUT2D eigenvalue weighted by Gasteiger charge is -2.36. The maximum Gasteiger partial charge on any atom is 0.316 e. The lowest BCUT2D eigenvalue weighted by molar-refractivity contribution is 0.0747. The maximum atomic E-state index is 12.7. The molecule has 1 heterocycles. The number of hydrogen-bond donors (Lipinski definition) is 2. The second kappa shape index (κ2) is 7.25. The molecular weight excluding hydrogens is 316 g/mol. The Balaban J connectivity index is 1.64. The number of anilines is 2. The van der Waals surface area contributed by atoms with E-state index in [0.717, 1.165) is 13.1 Å². The third-order valence-electron chi connectivity index (χ3n) is 4.31. The predicted octanol–water partition coefficient (Wildman–Crippen LogP) is 2.45. The fraction of sp³-hybridized carbons (Fsp3) is 0.263. The minimum Gasteiger partial charge on any atom is -0.368 e. The Morgan fingerprint density at radius 2 is 1.72 bits per heavy atom. The number of aryl methyl sites for hydroxylation is 1. The molecule has 0 saturated carbocycles. The zero-order valence-corrected chi connectivity index (χ0v) is 14.2. The fourth-order valence-electron chi connectivity index (χ4n) is 3.05. The smallest absolute Gasteiger partial charge is 0.316 e. The summed E-state index contributed by atoms with van der Waals surface area (Å²) < 4.78 is 0. The number of piperazine rings is 1. The molecule has 2 aromatic carbocycles. The van der Waals surface area contributed by atoms with Gasteiger partial charge in [0.15, 0.2) is 0 Å². The molecule has 6 heteroatoms. The van der Waals surface area contributed by atoms with Gasteiger partial charge in [0.2, 0.25) is 0 Å². The highest BCUT2D eigenvalue weighted by Crippen LogP contribution is 2.19. The first kappa shape index (κ1) is 16.8. The number of carbonyl (C=O) groups excluding carboxylic acids is 2. The molecule has 0 aliphatic carbocycles. The third-order valence-corrected chi connectivity index (χ3v) is 4.31. The summed E-state index contributed by atoms with van der Waals surface area (Å²) in [6, 6.07) is 14.6. The van der Waals surface area contributed by atoms with Crippen molar-refractivity contribution in [3.8, 4) is 0 Å². The quantitative estimate of drug-likeness (QED) is 0.902. The van der Waals surface area contributed by atoms with E-state index in [1.807, 2.05) is 4.90 Å². The van der Waals surface area contributed by atoms with Crippen molar-refractivity contribution in [1.82, 2.24) is 4.90 Å².